The molecule has 180 valence electrons. The fraction of sp³-hybridized carbons (Fsp3) is 0.107. The van der Waals surface area contributed by atoms with E-state index in [0.29, 0.717) is 21.5 Å². The van der Waals surface area contributed by atoms with Crippen molar-refractivity contribution in [2.24, 2.45) is 4.99 Å². The lowest BCUT2D eigenvalue weighted by Crippen LogP contribution is -2.28. The summed E-state index contributed by atoms with van der Waals surface area (Å²) in [5.74, 6) is -0.494. The lowest BCUT2D eigenvalue weighted by molar-refractivity contribution is -0.122. The Hall–Kier alpha value is -4.30. The third-order valence-electron chi connectivity index (χ3n) is 5.90. The molecule has 3 heterocycles. The monoisotopic (exact) mass is 497 g/mol. The van der Waals surface area contributed by atoms with Crippen molar-refractivity contribution < 1.29 is 19.1 Å². The lowest BCUT2D eigenvalue weighted by Gasteiger charge is -2.13. The highest BCUT2D eigenvalue weighted by atomic mass is 32.2. The van der Waals surface area contributed by atoms with Crippen LogP contribution in [0.2, 0.25) is 0 Å². The highest BCUT2D eigenvalue weighted by Gasteiger charge is 2.34. The van der Waals surface area contributed by atoms with Crippen molar-refractivity contribution in [1.82, 2.24) is 9.47 Å². The molecule has 0 atom stereocenters. The van der Waals surface area contributed by atoms with E-state index in [-0.39, 0.29) is 18.0 Å². The quantitative estimate of drug-likeness (QED) is 0.321. The van der Waals surface area contributed by atoms with Crippen molar-refractivity contribution in [3.05, 3.63) is 112 Å². The number of rotatable bonds is 6. The summed E-state index contributed by atoms with van der Waals surface area (Å²) < 4.78 is 7.39. The van der Waals surface area contributed by atoms with Crippen LogP contribution in [0.25, 0.3) is 11.8 Å². The zero-order valence-electron chi connectivity index (χ0n) is 19.7. The minimum Gasteiger partial charge on any atom is -0.478 e. The summed E-state index contributed by atoms with van der Waals surface area (Å²) in [5, 5.41) is 10.2. The van der Waals surface area contributed by atoms with Gasteiger partial charge < -0.3 is 14.1 Å². The van der Waals surface area contributed by atoms with Crippen LogP contribution in [0.3, 0.4) is 0 Å². The first-order valence-electron chi connectivity index (χ1n) is 11.3. The Morgan fingerprint density at radius 3 is 2.53 bits per heavy atom. The Morgan fingerprint density at radius 2 is 1.81 bits per heavy atom. The molecule has 2 aromatic carbocycles. The van der Waals surface area contributed by atoms with E-state index in [2.05, 4.69) is 0 Å². The lowest BCUT2D eigenvalue weighted by atomic mass is 10.1. The van der Waals surface area contributed by atoms with Gasteiger partial charge in [0.1, 0.15) is 5.76 Å². The van der Waals surface area contributed by atoms with Crippen LogP contribution in [-0.4, -0.2) is 31.6 Å². The van der Waals surface area contributed by atoms with E-state index in [1.165, 1.54) is 11.8 Å². The molecule has 2 aromatic heterocycles. The number of aryl methyl sites for hydroxylation is 1. The number of carbonyl (C=O) groups excluding carboxylic acids is 1. The van der Waals surface area contributed by atoms with Gasteiger partial charge in [0.2, 0.25) is 0 Å². The van der Waals surface area contributed by atoms with Gasteiger partial charge in [-0.25, -0.2) is 9.79 Å². The molecule has 1 N–H and O–H groups in total. The predicted octanol–water partition coefficient (Wildman–Crippen LogP) is 6.19. The summed E-state index contributed by atoms with van der Waals surface area (Å²) in [5.41, 5.74) is 4.10. The molecule has 0 saturated carbocycles. The third kappa shape index (κ3) is 4.50. The fourth-order valence-electron chi connectivity index (χ4n) is 4.20. The number of amidine groups is 1. The van der Waals surface area contributed by atoms with E-state index >= 15 is 0 Å². The first-order chi connectivity index (χ1) is 17.4. The van der Waals surface area contributed by atoms with E-state index < -0.39 is 5.97 Å². The van der Waals surface area contributed by atoms with Gasteiger partial charge in [0.25, 0.3) is 5.91 Å². The zero-order valence-corrected chi connectivity index (χ0v) is 20.5. The van der Waals surface area contributed by atoms with Crippen LogP contribution < -0.4 is 0 Å². The zero-order chi connectivity index (χ0) is 25.2. The van der Waals surface area contributed by atoms with Gasteiger partial charge in [0, 0.05) is 11.4 Å². The summed E-state index contributed by atoms with van der Waals surface area (Å²) in [6, 6.07) is 22.0. The number of carboxylic acid groups (broad SMARTS) is 1. The molecule has 1 fully saturated rings. The van der Waals surface area contributed by atoms with Gasteiger partial charge in [-0.3, -0.25) is 9.69 Å². The van der Waals surface area contributed by atoms with E-state index in [1.54, 1.807) is 35.4 Å². The molecule has 36 heavy (non-hydrogen) atoms. The van der Waals surface area contributed by atoms with E-state index in [4.69, 9.17) is 9.41 Å². The van der Waals surface area contributed by atoms with Gasteiger partial charge in [0.15, 0.2) is 5.17 Å². The molecular formula is C28H23N3O4S. The molecule has 0 aliphatic carbocycles. The average molecular weight is 498 g/mol. The van der Waals surface area contributed by atoms with Gasteiger partial charge in [-0.1, -0.05) is 30.3 Å². The van der Waals surface area contributed by atoms with Crippen molar-refractivity contribution in [2.45, 2.75) is 20.4 Å². The van der Waals surface area contributed by atoms with Crippen LogP contribution in [0.1, 0.15) is 33.1 Å². The third-order valence-corrected chi connectivity index (χ3v) is 6.90. The highest BCUT2D eigenvalue weighted by molar-refractivity contribution is 8.18. The van der Waals surface area contributed by atoms with Crippen molar-refractivity contribution in [1.29, 1.82) is 0 Å². The van der Waals surface area contributed by atoms with Crippen LogP contribution >= 0.6 is 11.8 Å². The molecule has 4 aromatic rings. The van der Waals surface area contributed by atoms with Crippen molar-refractivity contribution in [2.75, 3.05) is 0 Å². The van der Waals surface area contributed by atoms with Gasteiger partial charge in [-0.2, -0.15) is 0 Å². The van der Waals surface area contributed by atoms with Crippen LogP contribution in [0.5, 0.6) is 0 Å². The number of furan rings is 1. The number of carboxylic acids is 1. The molecule has 0 spiro atoms. The molecule has 1 amide bonds. The largest absolute Gasteiger partial charge is 0.478 e. The van der Waals surface area contributed by atoms with Crippen molar-refractivity contribution in [3.8, 4) is 5.69 Å². The average Bonchev–Trinajstić information content (AvgIpc) is 3.56. The summed E-state index contributed by atoms with van der Waals surface area (Å²) in [6.45, 7) is 4.11. The number of aromatic carboxylic acids is 1. The molecule has 8 heteroatoms. The summed E-state index contributed by atoms with van der Waals surface area (Å²) >= 11 is 1.31. The molecule has 7 nitrogen and oxygen atoms in total. The van der Waals surface area contributed by atoms with Gasteiger partial charge in [-0.05, 0) is 79.7 Å². The van der Waals surface area contributed by atoms with Gasteiger partial charge in [0.05, 0.1) is 34.7 Å². The highest BCUT2D eigenvalue weighted by Crippen LogP contribution is 2.36. The fourth-order valence-corrected chi connectivity index (χ4v) is 5.19. The second-order valence-corrected chi connectivity index (χ2v) is 9.30. The van der Waals surface area contributed by atoms with Gasteiger partial charge in [-0.15, -0.1) is 0 Å². The Balaban J connectivity index is 1.54. The number of amides is 1. The maximum absolute atomic E-state index is 13.5. The Kier molecular flexibility index (Phi) is 6.35. The van der Waals surface area contributed by atoms with Gasteiger partial charge >= 0.3 is 5.97 Å². The number of thioether (sulfide) groups is 1. The minimum absolute atomic E-state index is 0.165. The number of hydrogen-bond acceptors (Lipinski definition) is 5. The Labute approximate surface area is 212 Å². The number of hydrogen-bond donors (Lipinski definition) is 1. The Bertz CT molecular complexity index is 1500. The molecule has 5 rings (SSSR count). The summed E-state index contributed by atoms with van der Waals surface area (Å²) in [6.07, 6.45) is 3.43. The summed E-state index contributed by atoms with van der Waals surface area (Å²) in [7, 11) is 0. The normalized spacial score (nSPS) is 15.8. The van der Waals surface area contributed by atoms with Crippen LogP contribution in [0, 0.1) is 13.8 Å². The molecule has 1 aliphatic rings. The number of benzene rings is 2. The maximum atomic E-state index is 13.5. The van der Waals surface area contributed by atoms with Crippen LogP contribution in [-0.2, 0) is 11.3 Å². The van der Waals surface area contributed by atoms with E-state index in [9.17, 15) is 14.7 Å². The standard InChI is InChI=1S/C28H23N3O4S/c1-18-15-20(19(2)31(18)24-13-7-6-12-23(24)27(33)34)16-25-26(32)30(17-22-11-8-14-35-22)28(36-25)29-21-9-4-3-5-10-21/h3-16H,17H2,1-2H3,(H,33,34)/b25-16-,29-28?. The Morgan fingerprint density at radius 1 is 1.06 bits per heavy atom. The topological polar surface area (TPSA) is 88.0 Å². The van der Waals surface area contributed by atoms with Crippen molar-refractivity contribution >= 4 is 40.6 Å². The number of aliphatic imine (C=N–C) groups is 1. The molecule has 1 aliphatic heterocycles. The summed E-state index contributed by atoms with van der Waals surface area (Å²) in [4.78, 5) is 32.1. The number of nitrogens with zero attached hydrogens (tertiary/aromatic N) is 3. The smallest absolute Gasteiger partial charge is 0.337 e. The molecular weight excluding hydrogens is 474 g/mol. The minimum atomic E-state index is -0.991. The van der Waals surface area contributed by atoms with E-state index in [1.807, 2.05) is 73.0 Å². The second kappa shape index (κ2) is 9.75. The molecule has 0 bridgehead atoms. The second-order valence-electron chi connectivity index (χ2n) is 8.30. The van der Waals surface area contributed by atoms with Crippen molar-refractivity contribution in [3.63, 3.8) is 0 Å². The predicted molar refractivity (Wildman–Crippen MR) is 141 cm³/mol. The van der Waals surface area contributed by atoms with Crippen LogP contribution in [0.4, 0.5) is 5.69 Å². The molecule has 0 radical (unpaired) electrons. The van der Waals surface area contributed by atoms with Crippen LogP contribution in [0.15, 0.2) is 93.4 Å². The van der Waals surface area contributed by atoms with E-state index in [0.717, 1.165) is 22.6 Å². The first kappa shape index (κ1) is 23.4. The molecule has 0 unspecified atom stereocenters. The number of carbonyl (C=O) groups is 2. The number of para-hydroxylation sites is 2. The maximum Gasteiger partial charge on any atom is 0.337 e. The molecule has 1 saturated heterocycles. The first-order valence-corrected chi connectivity index (χ1v) is 12.1. The number of aromatic nitrogens is 1. The SMILES string of the molecule is Cc1cc(/C=C2\SC(=Nc3ccccc3)N(Cc3ccco3)C2=O)c(C)n1-c1ccccc1C(=O)O.